The lowest BCUT2D eigenvalue weighted by Gasteiger charge is -2.34. The number of hydrogen-bond acceptors (Lipinski definition) is 8. The maximum Gasteiger partial charge on any atom is 0.319 e. The van der Waals surface area contributed by atoms with Gasteiger partial charge in [-0.1, -0.05) is 36.4 Å². The quantitative estimate of drug-likeness (QED) is 0.417. The van der Waals surface area contributed by atoms with Gasteiger partial charge >= 0.3 is 5.97 Å². The van der Waals surface area contributed by atoms with E-state index in [9.17, 15) is 9.59 Å². The summed E-state index contributed by atoms with van der Waals surface area (Å²) < 4.78 is 10.1. The van der Waals surface area contributed by atoms with Crippen LogP contribution in [0.15, 0.2) is 47.6 Å². The molecule has 168 valence electrons. The summed E-state index contributed by atoms with van der Waals surface area (Å²) in [5, 5.41) is 6.45. The van der Waals surface area contributed by atoms with Crippen molar-refractivity contribution in [3.63, 3.8) is 0 Å². The summed E-state index contributed by atoms with van der Waals surface area (Å²) in [7, 11) is 1.37. The van der Waals surface area contributed by atoms with E-state index in [0.717, 1.165) is 36.2 Å². The average molecular weight is 437 g/mol. The van der Waals surface area contributed by atoms with Crippen LogP contribution < -0.4 is 5.73 Å². The molecule has 0 saturated carbocycles. The fourth-order valence-corrected chi connectivity index (χ4v) is 3.96. The normalized spacial score (nSPS) is 19.1. The molecule has 2 N–H and O–H groups in total. The molecule has 1 atom stereocenters. The molecule has 2 aliphatic rings. The average Bonchev–Trinajstić information content (AvgIpc) is 2.84. The molecule has 32 heavy (non-hydrogen) atoms. The molecule has 1 unspecified atom stereocenters. The highest BCUT2D eigenvalue weighted by atomic mass is 16.5. The maximum atomic E-state index is 13.0. The zero-order valence-electron chi connectivity index (χ0n) is 18.2. The van der Waals surface area contributed by atoms with Crippen LogP contribution in [0.2, 0.25) is 0 Å². The number of nitrogens with zero attached hydrogens (tertiary/aromatic N) is 3. The van der Waals surface area contributed by atoms with Gasteiger partial charge < -0.3 is 15.2 Å². The number of hydrazone groups is 1. The van der Waals surface area contributed by atoms with E-state index >= 15 is 0 Å². The molecule has 1 fully saturated rings. The van der Waals surface area contributed by atoms with Crippen molar-refractivity contribution in [2.75, 3.05) is 46.5 Å². The Morgan fingerprint density at radius 1 is 1.12 bits per heavy atom. The first-order chi connectivity index (χ1) is 15.5. The molecule has 0 aliphatic carbocycles. The monoisotopic (exact) mass is 436 g/mol. The van der Waals surface area contributed by atoms with E-state index in [4.69, 9.17) is 15.2 Å². The van der Waals surface area contributed by atoms with Crippen LogP contribution >= 0.6 is 0 Å². The highest BCUT2D eigenvalue weighted by Crippen LogP contribution is 2.27. The third kappa shape index (κ3) is 5.04. The van der Waals surface area contributed by atoms with Crippen molar-refractivity contribution in [2.24, 2.45) is 10.8 Å². The topological polar surface area (TPSA) is 97.5 Å². The van der Waals surface area contributed by atoms with Gasteiger partial charge in [-0.25, -0.2) is 0 Å². The van der Waals surface area contributed by atoms with Crippen LogP contribution in [0, 0.1) is 0 Å². The van der Waals surface area contributed by atoms with Crippen molar-refractivity contribution in [3.05, 3.63) is 70.3 Å². The Labute approximate surface area is 187 Å². The minimum absolute atomic E-state index is 0.0324. The summed E-state index contributed by atoms with van der Waals surface area (Å²) in [5.41, 5.74) is 10.5. The first-order valence-electron chi connectivity index (χ1n) is 10.8. The number of fused-ring (bicyclic) bond motifs is 1. The highest BCUT2D eigenvalue weighted by molar-refractivity contribution is 6.09. The van der Waals surface area contributed by atoms with Gasteiger partial charge in [-0.2, -0.15) is 5.10 Å². The summed E-state index contributed by atoms with van der Waals surface area (Å²) in [6.45, 7) is 3.75. The number of benzene rings is 2. The van der Waals surface area contributed by atoms with Gasteiger partial charge in [0.1, 0.15) is 0 Å². The molecule has 1 saturated heterocycles. The van der Waals surface area contributed by atoms with Crippen molar-refractivity contribution < 1.29 is 19.1 Å². The SMILES string of the molecule is COC(=O)CN1CCc2cc(C(=O)c3ccc(C=NN4CCOCC4)cc3)ccc2C1N. The van der Waals surface area contributed by atoms with Gasteiger partial charge in [-0.15, -0.1) is 0 Å². The molecular weight excluding hydrogens is 408 g/mol. The molecule has 0 amide bonds. The lowest BCUT2D eigenvalue weighted by atomic mass is 9.92. The van der Waals surface area contributed by atoms with E-state index in [1.807, 2.05) is 46.3 Å². The molecule has 2 aromatic rings. The maximum absolute atomic E-state index is 13.0. The molecule has 8 heteroatoms. The fourth-order valence-electron chi connectivity index (χ4n) is 3.96. The predicted molar refractivity (Wildman–Crippen MR) is 121 cm³/mol. The Balaban J connectivity index is 1.43. The van der Waals surface area contributed by atoms with E-state index < -0.39 is 6.17 Å². The number of morpholine rings is 1. The second kappa shape index (κ2) is 10.0. The standard InChI is InChI=1S/C24H28N4O4/c1-31-22(29)16-27-9-8-19-14-20(6-7-21(19)24(27)25)23(30)18-4-2-17(3-5-18)15-26-28-10-12-32-13-11-28/h2-7,14-15,24H,8-13,16,25H2,1H3. The van der Waals surface area contributed by atoms with Gasteiger partial charge in [0.2, 0.25) is 0 Å². The Hall–Kier alpha value is -3.07. The van der Waals surface area contributed by atoms with Crippen LogP contribution in [0.3, 0.4) is 0 Å². The van der Waals surface area contributed by atoms with Crippen molar-refractivity contribution >= 4 is 18.0 Å². The van der Waals surface area contributed by atoms with Gasteiger partial charge in [0.15, 0.2) is 5.78 Å². The van der Waals surface area contributed by atoms with Crippen LogP contribution in [0.1, 0.15) is 38.8 Å². The number of esters is 1. The first kappa shape index (κ1) is 22.1. The molecule has 0 aromatic heterocycles. The highest BCUT2D eigenvalue weighted by Gasteiger charge is 2.27. The van der Waals surface area contributed by atoms with E-state index in [2.05, 4.69) is 5.10 Å². The van der Waals surface area contributed by atoms with E-state index in [1.54, 1.807) is 12.3 Å². The minimum atomic E-state index is -0.396. The summed E-state index contributed by atoms with van der Waals surface area (Å²) in [6, 6.07) is 13.1. The van der Waals surface area contributed by atoms with Crippen LogP contribution in [0.5, 0.6) is 0 Å². The summed E-state index contributed by atoms with van der Waals surface area (Å²) >= 11 is 0. The number of carbonyl (C=O) groups is 2. The van der Waals surface area contributed by atoms with E-state index in [1.165, 1.54) is 7.11 Å². The van der Waals surface area contributed by atoms with Crippen molar-refractivity contribution in [1.29, 1.82) is 0 Å². The van der Waals surface area contributed by atoms with Gasteiger partial charge in [0.25, 0.3) is 0 Å². The van der Waals surface area contributed by atoms with Crippen LogP contribution in [-0.2, 0) is 20.7 Å². The van der Waals surface area contributed by atoms with Gasteiger partial charge in [-0.3, -0.25) is 19.5 Å². The number of methoxy groups -OCH3 is 1. The fraction of sp³-hybridized carbons (Fsp3) is 0.375. The first-order valence-corrected chi connectivity index (χ1v) is 10.8. The molecule has 0 radical (unpaired) electrons. The Bertz CT molecular complexity index is 1000. The van der Waals surface area contributed by atoms with Crippen molar-refractivity contribution in [1.82, 2.24) is 9.91 Å². The smallest absolute Gasteiger partial charge is 0.319 e. The molecule has 2 aliphatic heterocycles. The summed E-state index contributed by atoms with van der Waals surface area (Å²) in [4.78, 5) is 26.5. The van der Waals surface area contributed by atoms with Gasteiger partial charge in [0, 0.05) is 17.7 Å². The van der Waals surface area contributed by atoms with Gasteiger partial charge in [-0.05, 0) is 29.2 Å². The second-order valence-corrected chi connectivity index (χ2v) is 7.92. The predicted octanol–water partition coefficient (Wildman–Crippen LogP) is 1.57. The molecule has 0 bridgehead atoms. The molecular formula is C24H28N4O4. The number of rotatable bonds is 6. The molecule has 0 spiro atoms. The van der Waals surface area contributed by atoms with Crippen molar-refractivity contribution in [2.45, 2.75) is 12.6 Å². The lowest BCUT2D eigenvalue weighted by molar-refractivity contribution is -0.142. The number of hydrogen-bond donors (Lipinski definition) is 1. The lowest BCUT2D eigenvalue weighted by Crippen LogP contribution is -2.43. The summed E-state index contributed by atoms with van der Waals surface area (Å²) in [5.74, 6) is -0.343. The van der Waals surface area contributed by atoms with Crippen LogP contribution in [-0.4, -0.2) is 74.4 Å². The third-order valence-electron chi connectivity index (χ3n) is 5.88. The number of ether oxygens (including phenoxy) is 2. The zero-order chi connectivity index (χ0) is 22.5. The number of ketones is 1. The van der Waals surface area contributed by atoms with Gasteiger partial charge in [0.05, 0.1) is 52.3 Å². The van der Waals surface area contributed by atoms with E-state index in [0.29, 0.717) is 30.9 Å². The Morgan fingerprint density at radius 3 is 2.56 bits per heavy atom. The Kier molecular flexibility index (Phi) is 6.94. The number of carbonyl (C=O) groups excluding carboxylic acids is 2. The van der Waals surface area contributed by atoms with Crippen molar-refractivity contribution in [3.8, 4) is 0 Å². The number of nitrogens with two attached hydrogens (primary N) is 1. The molecule has 4 rings (SSSR count). The Morgan fingerprint density at radius 2 is 1.84 bits per heavy atom. The van der Waals surface area contributed by atoms with Crippen LogP contribution in [0.25, 0.3) is 0 Å². The second-order valence-electron chi connectivity index (χ2n) is 7.92. The molecule has 2 heterocycles. The van der Waals surface area contributed by atoms with Crippen LogP contribution in [0.4, 0.5) is 0 Å². The largest absolute Gasteiger partial charge is 0.468 e. The minimum Gasteiger partial charge on any atom is -0.468 e. The molecule has 8 nitrogen and oxygen atoms in total. The summed E-state index contributed by atoms with van der Waals surface area (Å²) in [6.07, 6.45) is 2.13. The zero-order valence-corrected chi connectivity index (χ0v) is 18.2. The molecule has 2 aromatic carbocycles. The third-order valence-corrected chi connectivity index (χ3v) is 5.88. The van der Waals surface area contributed by atoms with E-state index in [-0.39, 0.29) is 18.3 Å².